The molecule has 0 radical (unpaired) electrons. The molecule has 1 N–H and O–H groups in total. The van der Waals surface area contributed by atoms with Crippen molar-refractivity contribution in [3.05, 3.63) is 51.7 Å². The predicted molar refractivity (Wildman–Crippen MR) is 91.4 cm³/mol. The molecule has 114 valence electrons. The maximum Gasteiger partial charge on any atom is 0.122 e. The van der Waals surface area contributed by atoms with Crippen LogP contribution in [-0.4, -0.2) is 13.2 Å². The van der Waals surface area contributed by atoms with E-state index in [2.05, 4.69) is 61.8 Å². The predicted octanol–water partition coefficient (Wildman–Crippen LogP) is 4.74. The van der Waals surface area contributed by atoms with E-state index in [0.717, 1.165) is 31.7 Å². The molecule has 0 aliphatic carbocycles. The van der Waals surface area contributed by atoms with Gasteiger partial charge in [0.15, 0.2) is 0 Å². The molecule has 0 aliphatic rings. The molecule has 1 aromatic carbocycles. The Bertz CT molecular complexity index is 536. The average molecular weight is 303 g/mol. The van der Waals surface area contributed by atoms with Gasteiger partial charge in [0.2, 0.25) is 0 Å². The highest BCUT2D eigenvalue weighted by molar-refractivity contribution is 7.09. The average Bonchev–Trinajstić information content (AvgIpc) is 2.99. The summed E-state index contributed by atoms with van der Waals surface area (Å²) in [5.74, 6) is 0.998. The van der Waals surface area contributed by atoms with Crippen LogP contribution in [0.4, 0.5) is 0 Å². The van der Waals surface area contributed by atoms with Crippen LogP contribution < -0.4 is 10.1 Å². The van der Waals surface area contributed by atoms with Crippen molar-refractivity contribution in [3.8, 4) is 5.75 Å². The van der Waals surface area contributed by atoms with E-state index in [1.54, 1.807) is 11.3 Å². The number of benzene rings is 1. The highest BCUT2D eigenvalue weighted by Crippen LogP contribution is 2.23. The van der Waals surface area contributed by atoms with Gasteiger partial charge in [-0.05, 0) is 55.5 Å². The number of thiophene rings is 1. The molecule has 0 bridgehead atoms. The van der Waals surface area contributed by atoms with Gasteiger partial charge in [-0.25, -0.2) is 0 Å². The van der Waals surface area contributed by atoms with Crippen molar-refractivity contribution in [3.63, 3.8) is 0 Å². The Morgan fingerprint density at radius 2 is 2.14 bits per heavy atom. The van der Waals surface area contributed by atoms with Crippen LogP contribution in [0.25, 0.3) is 0 Å². The molecule has 21 heavy (non-hydrogen) atoms. The normalized spacial score (nSPS) is 12.3. The molecule has 0 saturated carbocycles. The summed E-state index contributed by atoms with van der Waals surface area (Å²) in [6, 6.07) is 11.1. The van der Waals surface area contributed by atoms with Crippen molar-refractivity contribution >= 4 is 11.3 Å². The van der Waals surface area contributed by atoms with Crippen LogP contribution in [0.3, 0.4) is 0 Å². The molecule has 0 fully saturated rings. The molecule has 2 aromatic rings. The monoisotopic (exact) mass is 303 g/mol. The Morgan fingerprint density at radius 3 is 2.81 bits per heavy atom. The molecule has 0 aliphatic heterocycles. The Balaban J connectivity index is 1.89. The zero-order valence-corrected chi connectivity index (χ0v) is 14.0. The quantitative estimate of drug-likeness (QED) is 0.760. The van der Waals surface area contributed by atoms with Gasteiger partial charge >= 0.3 is 0 Å². The Labute approximate surface area is 132 Å². The fraction of sp³-hybridized carbons (Fsp3) is 0.444. The summed E-state index contributed by atoms with van der Waals surface area (Å²) in [5.41, 5.74) is 2.54. The minimum absolute atomic E-state index is 0.392. The number of nitrogens with one attached hydrogen (secondary N) is 1. The zero-order chi connectivity index (χ0) is 15.1. The van der Waals surface area contributed by atoms with Gasteiger partial charge < -0.3 is 10.1 Å². The molecule has 1 aromatic heterocycles. The number of hydrogen-bond donors (Lipinski definition) is 1. The standard InChI is InChI=1S/C18H25NOS/c1-4-10-19-15(3)16-7-8-18(14(2)13-16)20-11-9-17-6-5-12-21-17/h5-8,12-13,15,19H,4,9-11H2,1-3H3. The third kappa shape index (κ3) is 4.87. The lowest BCUT2D eigenvalue weighted by Crippen LogP contribution is -2.19. The smallest absolute Gasteiger partial charge is 0.122 e. The summed E-state index contributed by atoms with van der Waals surface area (Å²) < 4.78 is 5.91. The van der Waals surface area contributed by atoms with Gasteiger partial charge in [0.25, 0.3) is 0 Å². The van der Waals surface area contributed by atoms with Gasteiger partial charge in [-0.1, -0.05) is 25.1 Å². The van der Waals surface area contributed by atoms with Crippen LogP contribution in [0.1, 0.15) is 42.3 Å². The fourth-order valence-corrected chi connectivity index (χ4v) is 2.99. The zero-order valence-electron chi connectivity index (χ0n) is 13.2. The largest absolute Gasteiger partial charge is 0.493 e. The van der Waals surface area contributed by atoms with Crippen LogP contribution in [0.2, 0.25) is 0 Å². The summed E-state index contributed by atoms with van der Waals surface area (Å²) in [6.07, 6.45) is 2.14. The molecule has 0 spiro atoms. The van der Waals surface area contributed by atoms with Gasteiger partial charge in [0.1, 0.15) is 5.75 Å². The summed E-state index contributed by atoms with van der Waals surface area (Å²) in [6.45, 7) is 8.32. The van der Waals surface area contributed by atoms with Crippen molar-refractivity contribution in [2.75, 3.05) is 13.2 Å². The van der Waals surface area contributed by atoms with Crippen molar-refractivity contribution < 1.29 is 4.74 Å². The van der Waals surface area contributed by atoms with Crippen molar-refractivity contribution in [1.82, 2.24) is 5.32 Å². The second-order valence-electron chi connectivity index (χ2n) is 5.38. The van der Waals surface area contributed by atoms with E-state index in [9.17, 15) is 0 Å². The molecule has 1 atom stereocenters. The van der Waals surface area contributed by atoms with E-state index in [0.29, 0.717) is 6.04 Å². The second-order valence-corrected chi connectivity index (χ2v) is 6.41. The van der Waals surface area contributed by atoms with Crippen LogP contribution >= 0.6 is 11.3 Å². The third-order valence-corrected chi connectivity index (χ3v) is 4.52. The topological polar surface area (TPSA) is 21.3 Å². The van der Waals surface area contributed by atoms with E-state index >= 15 is 0 Å². The van der Waals surface area contributed by atoms with Crippen molar-refractivity contribution in [2.24, 2.45) is 0 Å². The summed E-state index contributed by atoms with van der Waals surface area (Å²) in [7, 11) is 0. The van der Waals surface area contributed by atoms with Crippen LogP contribution in [-0.2, 0) is 6.42 Å². The first kappa shape index (κ1) is 16.1. The molecule has 3 heteroatoms. The third-order valence-electron chi connectivity index (χ3n) is 3.59. The van der Waals surface area contributed by atoms with Gasteiger partial charge in [-0.3, -0.25) is 0 Å². The second kappa shape index (κ2) is 8.20. The first-order valence-electron chi connectivity index (χ1n) is 7.69. The maximum atomic E-state index is 5.91. The van der Waals surface area contributed by atoms with E-state index in [1.165, 1.54) is 16.0 Å². The highest BCUT2D eigenvalue weighted by Gasteiger charge is 2.07. The van der Waals surface area contributed by atoms with E-state index in [-0.39, 0.29) is 0 Å². The van der Waals surface area contributed by atoms with Crippen LogP contribution in [0.5, 0.6) is 5.75 Å². The number of rotatable bonds is 8. The Hall–Kier alpha value is -1.32. The Morgan fingerprint density at radius 1 is 1.29 bits per heavy atom. The first-order chi connectivity index (χ1) is 10.2. The molecule has 2 rings (SSSR count). The minimum Gasteiger partial charge on any atom is -0.493 e. The molecular formula is C18H25NOS. The number of ether oxygens (including phenoxy) is 1. The highest BCUT2D eigenvalue weighted by atomic mass is 32.1. The van der Waals surface area contributed by atoms with E-state index < -0.39 is 0 Å². The first-order valence-corrected chi connectivity index (χ1v) is 8.57. The van der Waals surface area contributed by atoms with Gasteiger partial charge in [0.05, 0.1) is 6.61 Å². The van der Waals surface area contributed by atoms with Crippen molar-refractivity contribution in [1.29, 1.82) is 0 Å². The molecule has 1 unspecified atom stereocenters. The van der Waals surface area contributed by atoms with E-state index in [1.807, 2.05) is 0 Å². The maximum absolute atomic E-state index is 5.91. The summed E-state index contributed by atoms with van der Waals surface area (Å²) in [5, 5.41) is 5.63. The minimum atomic E-state index is 0.392. The Kier molecular flexibility index (Phi) is 6.27. The number of aryl methyl sites for hydroxylation is 1. The van der Waals surface area contributed by atoms with Gasteiger partial charge in [-0.15, -0.1) is 11.3 Å². The summed E-state index contributed by atoms with van der Waals surface area (Å²) in [4.78, 5) is 1.38. The lowest BCUT2D eigenvalue weighted by molar-refractivity contribution is 0.320. The summed E-state index contributed by atoms with van der Waals surface area (Å²) >= 11 is 1.79. The van der Waals surface area contributed by atoms with Crippen molar-refractivity contribution in [2.45, 2.75) is 39.7 Å². The van der Waals surface area contributed by atoms with Crippen LogP contribution in [0, 0.1) is 6.92 Å². The van der Waals surface area contributed by atoms with Gasteiger partial charge in [-0.2, -0.15) is 0 Å². The van der Waals surface area contributed by atoms with Crippen LogP contribution in [0.15, 0.2) is 35.7 Å². The fourth-order valence-electron chi connectivity index (χ4n) is 2.30. The molecular weight excluding hydrogens is 278 g/mol. The molecule has 0 amide bonds. The molecule has 2 nitrogen and oxygen atoms in total. The lowest BCUT2D eigenvalue weighted by Gasteiger charge is -2.16. The molecule has 0 saturated heterocycles. The number of hydrogen-bond acceptors (Lipinski definition) is 3. The van der Waals surface area contributed by atoms with Gasteiger partial charge in [0, 0.05) is 17.3 Å². The SMILES string of the molecule is CCCNC(C)c1ccc(OCCc2cccs2)c(C)c1. The van der Waals surface area contributed by atoms with E-state index in [4.69, 9.17) is 4.74 Å². The lowest BCUT2D eigenvalue weighted by atomic mass is 10.0. The molecule has 1 heterocycles.